The van der Waals surface area contributed by atoms with Gasteiger partial charge < -0.3 is 10.6 Å². The fraction of sp³-hybridized carbons (Fsp3) is 0.200. The molecule has 1 aromatic heterocycles. The number of carbonyl (C=O) groups is 2. The number of aromatic nitrogens is 3. The number of hydrogen-bond acceptors (Lipinski definition) is 4. The third-order valence-electron chi connectivity index (χ3n) is 4.20. The van der Waals surface area contributed by atoms with Gasteiger partial charge in [-0.15, -0.1) is 0 Å². The first-order valence-electron chi connectivity index (χ1n) is 8.74. The summed E-state index contributed by atoms with van der Waals surface area (Å²) in [5.74, 6) is 0.186. The fourth-order valence-corrected chi connectivity index (χ4v) is 2.96. The van der Waals surface area contributed by atoms with Crippen LogP contribution in [0.3, 0.4) is 0 Å². The molecule has 0 fully saturated rings. The summed E-state index contributed by atoms with van der Waals surface area (Å²) in [5.41, 5.74) is 4.14. The molecule has 0 spiro atoms. The standard InChI is InChI=1S/C20H21N5O2S/c1-12-4-7-15(8-5-12)19-23-24-20(28)25(19)11-18(27)22-17-10-16(21-14(3)26)9-6-13(17)2/h4-10H,11H2,1-3H3,(H,21,26)(H,22,27)(H,24,28). The number of aryl methyl sites for hydroxylation is 2. The molecule has 8 heteroatoms. The minimum Gasteiger partial charge on any atom is -0.326 e. The van der Waals surface area contributed by atoms with E-state index in [1.807, 2.05) is 44.2 Å². The third kappa shape index (κ3) is 4.52. The van der Waals surface area contributed by atoms with Crippen molar-refractivity contribution in [3.05, 3.63) is 58.4 Å². The lowest BCUT2D eigenvalue weighted by Gasteiger charge is -2.12. The number of amides is 2. The summed E-state index contributed by atoms with van der Waals surface area (Å²) < 4.78 is 2.02. The number of nitrogens with one attached hydrogen (secondary N) is 3. The molecule has 3 N–H and O–H groups in total. The Morgan fingerprint density at radius 1 is 1.11 bits per heavy atom. The fourth-order valence-electron chi connectivity index (χ4n) is 2.76. The van der Waals surface area contributed by atoms with E-state index in [9.17, 15) is 9.59 Å². The normalized spacial score (nSPS) is 10.5. The summed E-state index contributed by atoms with van der Waals surface area (Å²) in [6, 6.07) is 13.2. The molecule has 2 amide bonds. The molecular formula is C20H21N5O2S. The molecule has 0 aliphatic carbocycles. The van der Waals surface area contributed by atoms with E-state index in [2.05, 4.69) is 20.8 Å². The van der Waals surface area contributed by atoms with Gasteiger partial charge >= 0.3 is 0 Å². The molecule has 28 heavy (non-hydrogen) atoms. The number of benzene rings is 2. The first-order chi connectivity index (χ1) is 13.3. The SMILES string of the molecule is CC(=O)Nc1ccc(C)c(NC(=O)Cn2c(-c3ccc(C)cc3)n[nH]c2=S)c1. The van der Waals surface area contributed by atoms with Crippen LogP contribution in [0.5, 0.6) is 0 Å². The Hall–Kier alpha value is -3.26. The molecule has 2 aromatic carbocycles. The molecule has 7 nitrogen and oxygen atoms in total. The van der Waals surface area contributed by atoms with Crippen LogP contribution < -0.4 is 10.6 Å². The van der Waals surface area contributed by atoms with E-state index in [1.54, 1.807) is 16.7 Å². The molecule has 144 valence electrons. The Morgan fingerprint density at radius 3 is 2.50 bits per heavy atom. The molecule has 0 radical (unpaired) electrons. The second-order valence-corrected chi connectivity index (χ2v) is 6.95. The second-order valence-electron chi connectivity index (χ2n) is 6.56. The predicted molar refractivity (Wildman–Crippen MR) is 112 cm³/mol. The topological polar surface area (TPSA) is 91.8 Å². The van der Waals surface area contributed by atoms with Crippen LogP contribution in [0.15, 0.2) is 42.5 Å². The lowest BCUT2D eigenvalue weighted by atomic mass is 10.1. The summed E-state index contributed by atoms with van der Waals surface area (Å²) in [6.45, 7) is 5.34. The van der Waals surface area contributed by atoms with Gasteiger partial charge in [-0.1, -0.05) is 35.9 Å². The van der Waals surface area contributed by atoms with Crippen molar-refractivity contribution in [3.8, 4) is 11.4 Å². The van der Waals surface area contributed by atoms with Crippen molar-refractivity contribution >= 4 is 35.4 Å². The number of anilines is 2. The Kier molecular flexibility index (Phi) is 5.70. The van der Waals surface area contributed by atoms with Crippen LogP contribution in [0.2, 0.25) is 0 Å². The van der Waals surface area contributed by atoms with Gasteiger partial charge in [0.25, 0.3) is 0 Å². The minimum atomic E-state index is -0.242. The van der Waals surface area contributed by atoms with Gasteiger partial charge in [0.1, 0.15) is 6.54 Å². The van der Waals surface area contributed by atoms with Crippen LogP contribution in [0.25, 0.3) is 11.4 Å². The molecule has 0 atom stereocenters. The average Bonchev–Trinajstić information content (AvgIpc) is 2.99. The van der Waals surface area contributed by atoms with Crippen molar-refractivity contribution in [3.63, 3.8) is 0 Å². The lowest BCUT2D eigenvalue weighted by Crippen LogP contribution is -2.20. The minimum absolute atomic E-state index is 0.0162. The van der Waals surface area contributed by atoms with Gasteiger partial charge in [-0.3, -0.25) is 19.3 Å². The van der Waals surface area contributed by atoms with Crippen molar-refractivity contribution in [1.29, 1.82) is 0 Å². The van der Waals surface area contributed by atoms with Gasteiger partial charge in [-0.05, 0) is 43.8 Å². The highest BCUT2D eigenvalue weighted by atomic mass is 32.1. The van der Waals surface area contributed by atoms with Gasteiger partial charge in [0.05, 0.1) is 0 Å². The summed E-state index contributed by atoms with van der Waals surface area (Å²) >= 11 is 5.29. The third-order valence-corrected chi connectivity index (χ3v) is 4.51. The second kappa shape index (κ2) is 8.18. The zero-order valence-corrected chi connectivity index (χ0v) is 16.7. The Morgan fingerprint density at radius 2 is 1.82 bits per heavy atom. The van der Waals surface area contributed by atoms with Crippen molar-refractivity contribution < 1.29 is 9.59 Å². The summed E-state index contributed by atoms with van der Waals surface area (Å²) in [6.07, 6.45) is 0. The Labute approximate surface area is 167 Å². The monoisotopic (exact) mass is 395 g/mol. The van der Waals surface area contributed by atoms with Gasteiger partial charge in [-0.25, -0.2) is 0 Å². The van der Waals surface area contributed by atoms with Gasteiger partial charge in [0, 0.05) is 23.9 Å². The van der Waals surface area contributed by atoms with E-state index in [0.717, 1.165) is 16.7 Å². The quantitative estimate of drug-likeness (QED) is 0.573. The molecular weight excluding hydrogens is 374 g/mol. The van der Waals surface area contributed by atoms with Crippen LogP contribution in [0.4, 0.5) is 11.4 Å². The van der Waals surface area contributed by atoms with Crippen LogP contribution >= 0.6 is 12.2 Å². The highest BCUT2D eigenvalue weighted by molar-refractivity contribution is 7.71. The number of rotatable bonds is 5. The molecule has 0 saturated heterocycles. The largest absolute Gasteiger partial charge is 0.326 e. The van der Waals surface area contributed by atoms with Crippen LogP contribution in [-0.4, -0.2) is 26.6 Å². The maximum Gasteiger partial charge on any atom is 0.244 e. The van der Waals surface area contributed by atoms with Crippen LogP contribution in [-0.2, 0) is 16.1 Å². The van der Waals surface area contributed by atoms with E-state index in [-0.39, 0.29) is 18.4 Å². The van der Waals surface area contributed by atoms with Crippen molar-refractivity contribution in [2.45, 2.75) is 27.3 Å². The summed E-state index contributed by atoms with van der Waals surface area (Å²) in [7, 11) is 0. The Balaban J connectivity index is 1.81. The molecule has 0 saturated carbocycles. The summed E-state index contributed by atoms with van der Waals surface area (Å²) in [5, 5.41) is 12.6. The molecule has 3 rings (SSSR count). The van der Waals surface area contributed by atoms with E-state index in [4.69, 9.17) is 12.2 Å². The molecule has 0 bridgehead atoms. The van der Waals surface area contributed by atoms with E-state index in [1.165, 1.54) is 6.92 Å². The highest BCUT2D eigenvalue weighted by Gasteiger charge is 2.13. The maximum atomic E-state index is 12.6. The first-order valence-corrected chi connectivity index (χ1v) is 9.14. The molecule has 1 heterocycles. The number of nitrogens with zero attached hydrogens (tertiary/aromatic N) is 2. The van der Waals surface area contributed by atoms with Crippen molar-refractivity contribution in [2.24, 2.45) is 0 Å². The van der Waals surface area contributed by atoms with Gasteiger partial charge in [-0.2, -0.15) is 5.10 Å². The van der Waals surface area contributed by atoms with E-state index in [0.29, 0.717) is 22.0 Å². The number of carbonyl (C=O) groups excluding carboxylic acids is 2. The van der Waals surface area contributed by atoms with Crippen molar-refractivity contribution in [1.82, 2.24) is 14.8 Å². The smallest absolute Gasteiger partial charge is 0.244 e. The zero-order valence-electron chi connectivity index (χ0n) is 15.9. The molecule has 0 aliphatic rings. The average molecular weight is 395 g/mol. The highest BCUT2D eigenvalue weighted by Crippen LogP contribution is 2.21. The number of aromatic amines is 1. The van der Waals surface area contributed by atoms with E-state index >= 15 is 0 Å². The maximum absolute atomic E-state index is 12.6. The predicted octanol–water partition coefficient (Wildman–Crippen LogP) is 3.82. The Bertz CT molecular complexity index is 1080. The van der Waals surface area contributed by atoms with E-state index < -0.39 is 0 Å². The van der Waals surface area contributed by atoms with Crippen LogP contribution in [0.1, 0.15) is 18.1 Å². The molecule has 0 unspecified atom stereocenters. The first kappa shape index (κ1) is 19.5. The zero-order chi connectivity index (χ0) is 20.3. The number of hydrogen-bond donors (Lipinski definition) is 3. The molecule has 0 aliphatic heterocycles. The lowest BCUT2D eigenvalue weighted by molar-refractivity contribution is -0.117. The van der Waals surface area contributed by atoms with Crippen molar-refractivity contribution in [2.75, 3.05) is 10.6 Å². The van der Waals surface area contributed by atoms with Crippen LogP contribution in [0, 0.1) is 18.6 Å². The van der Waals surface area contributed by atoms with Gasteiger partial charge in [0.15, 0.2) is 10.6 Å². The molecule has 3 aromatic rings. The number of H-pyrrole nitrogens is 1. The summed E-state index contributed by atoms with van der Waals surface area (Å²) in [4.78, 5) is 23.9. The van der Waals surface area contributed by atoms with Gasteiger partial charge in [0.2, 0.25) is 11.8 Å².